The topological polar surface area (TPSA) is 87.2 Å². The molecule has 6 nitrogen and oxygen atoms in total. The highest BCUT2D eigenvalue weighted by molar-refractivity contribution is 5.90. The minimum atomic E-state index is -1.05. The van der Waals surface area contributed by atoms with Crippen molar-refractivity contribution in [3.63, 3.8) is 0 Å². The lowest BCUT2D eigenvalue weighted by Gasteiger charge is -2.13. The molecule has 1 fully saturated rings. The Morgan fingerprint density at radius 1 is 1.69 bits per heavy atom. The summed E-state index contributed by atoms with van der Waals surface area (Å²) >= 11 is 0. The minimum absolute atomic E-state index is 0.507. The van der Waals surface area contributed by atoms with Gasteiger partial charge in [-0.3, -0.25) is 14.2 Å². The number of carbonyl (C=O) groups excluding carboxylic acids is 1. The third-order valence-corrected chi connectivity index (χ3v) is 2.35. The molecule has 1 amide bonds. The Morgan fingerprint density at radius 3 is 3.00 bits per heavy atom. The molecule has 86 valence electrons. The quantitative estimate of drug-likeness (QED) is 0.757. The third-order valence-electron chi connectivity index (χ3n) is 2.35. The molecule has 1 atom stereocenters. The van der Waals surface area contributed by atoms with E-state index in [4.69, 9.17) is 10.5 Å². The molecule has 0 radical (unpaired) electrons. The summed E-state index contributed by atoms with van der Waals surface area (Å²) in [5.74, 6) is -1.97. The fraction of sp³-hybridized carbons (Fsp3) is 0.444. The van der Waals surface area contributed by atoms with Gasteiger partial charge in [0.25, 0.3) is 11.5 Å². The molecular weight excluding hydrogens is 217 g/mol. The van der Waals surface area contributed by atoms with Crippen LogP contribution < -0.4 is 11.3 Å². The van der Waals surface area contributed by atoms with Crippen LogP contribution in [-0.2, 0) is 4.74 Å². The van der Waals surface area contributed by atoms with Crippen LogP contribution in [0.4, 0.5) is 4.39 Å². The molecule has 0 aliphatic carbocycles. The van der Waals surface area contributed by atoms with E-state index in [1.807, 2.05) is 0 Å². The highest BCUT2D eigenvalue weighted by Crippen LogP contribution is 2.20. The predicted molar refractivity (Wildman–Crippen MR) is 51.2 cm³/mol. The Hall–Kier alpha value is -1.76. The highest BCUT2D eigenvalue weighted by Gasteiger charge is 2.22. The van der Waals surface area contributed by atoms with Crippen molar-refractivity contribution < 1.29 is 13.9 Å². The maximum absolute atomic E-state index is 13.1. The number of nitrogens with zero attached hydrogens (tertiary/aromatic N) is 2. The fourth-order valence-electron chi connectivity index (χ4n) is 1.63. The fourth-order valence-corrected chi connectivity index (χ4v) is 1.63. The van der Waals surface area contributed by atoms with Gasteiger partial charge in [0.2, 0.25) is 5.95 Å². The molecular formula is C9H10FN3O3. The number of rotatable bonds is 2. The second-order valence-electron chi connectivity index (χ2n) is 3.46. The number of hydrogen-bond donors (Lipinski definition) is 1. The Bertz CT molecular complexity index is 479. The number of hydrogen-bond acceptors (Lipinski definition) is 4. The Balaban J connectivity index is 2.52. The van der Waals surface area contributed by atoms with Crippen LogP contribution in [0.3, 0.4) is 0 Å². The number of aromatic nitrogens is 2. The maximum Gasteiger partial charge on any atom is 0.284 e. The van der Waals surface area contributed by atoms with Crippen molar-refractivity contribution in [3.8, 4) is 0 Å². The van der Waals surface area contributed by atoms with Gasteiger partial charge in [0.1, 0.15) is 6.23 Å². The van der Waals surface area contributed by atoms with Gasteiger partial charge in [-0.1, -0.05) is 0 Å². The summed E-state index contributed by atoms with van der Waals surface area (Å²) in [5.41, 5.74) is 3.61. The Morgan fingerprint density at radius 2 is 2.44 bits per heavy atom. The molecule has 1 aromatic rings. The van der Waals surface area contributed by atoms with Crippen molar-refractivity contribution in [2.45, 2.75) is 19.1 Å². The Labute approximate surface area is 89.8 Å². The smallest absolute Gasteiger partial charge is 0.284 e. The number of carbonyl (C=O) groups is 1. The van der Waals surface area contributed by atoms with Crippen molar-refractivity contribution in [2.24, 2.45) is 5.73 Å². The van der Waals surface area contributed by atoms with Gasteiger partial charge in [-0.15, -0.1) is 0 Å². The number of halogens is 1. The van der Waals surface area contributed by atoms with Crippen molar-refractivity contribution in [1.29, 1.82) is 0 Å². The first-order chi connectivity index (χ1) is 7.59. The first kappa shape index (κ1) is 10.7. The summed E-state index contributed by atoms with van der Waals surface area (Å²) < 4.78 is 19.3. The number of ether oxygens (including phenoxy) is 1. The molecule has 2 rings (SSSR count). The highest BCUT2D eigenvalue weighted by atomic mass is 19.1. The standard InChI is InChI=1S/C9H10FN3O3/c10-5-4-13(6-2-1-3-16-6)9(15)7(12-5)8(11)14/h4,6H,1-3H2,(H2,11,14)/t6-/m0/s1. The van der Waals surface area contributed by atoms with Gasteiger partial charge in [0.05, 0.1) is 6.20 Å². The molecule has 1 saturated heterocycles. The largest absolute Gasteiger partial charge is 0.364 e. The molecule has 0 bridgehead atoms. The van der Waals surface area contributed by atoms with Gasteiger partial charge in [-0.2, -0.15) is 4.39 Å². The molecule has 0 unspecified atom stereocenters. The van der Waals surface area contributed by atoms with Gasteiger partial charge < -0.3 is 10.5 Å². The summed E-state index contributed by atoms with van der Waals surface area (Å²) in [7, 11) is 0. The minimum Gasteiger partial charge on any atom is -0.364 e. The lowest BCUT2D eigenvalue weighted by atomic mass is 10.3. The van der Waals surface area contributed by atoms with E-state index in [-0.39, 0.29) is 0 Å². The average molecular weight is 227 g/mol. The second-order valence-corrected chi connectivity index (χ2v) is 3.46. The van der Waals surface area contributed by atoms with E-state index in [1.54, 1.807) is 0 Å². The van der Waals surface area contributed by atoms with Gasteiger partial charge >= 0.3 is 0 Å². The molecule has 1 aliphatic rings. The van der Waals surface area contributed by atoms with E-state index < -0.39 is 29.3 Å². The van der Waals surface area contributed by atoms with Crippen molar-refractivity contribution >= 4 is 5.91 Å². The SMILES string of the molecule is NC(=O)c1nc(F)cn([C@@H]2CCCO2)c1=O. The summed E-state index contributed by atoms with van der Waals surface area (Å²) in [6, 6.07) is 0. The first-order valence-electron chi connectivity index (χ1n) is 4.79. The van der Waals surface area contributed by atoms with Crippen LogP contribution in [0.1, 0.15) is 29.6 Å². The Kier molecular flexibility index (Phi) is 2.69. The van der Waals surface area contributed by atoms with E-state index in [2.05, 4.69) is 4.98 Å². The zero-order valence-electron chi connectivity index (χ0n) is 8.35. The normalized spacial score (nSPS) is 19.9. The second kappa shape index (κ2) is 4.01. The maximum atomic E-state index is 13.1. The predicted octanol–water partition coefficient (Wildman–Crippen LogP) is -0.210. The number of amides is 1. The summed E-state index contributed by atoms with van der Waals surface area (Å²) in [6.45, 7) is 0.507. The van der Waals surface area contributed by atoms with E-state index in [1.165, 1.54) is 0 Å². The van der Waals surface area contributed by atoms with Crippen LogP contribution in [0.5, 0.6) is 0 Å². The third kappa shape index (κ3) is 1.81. The van der Waals surface area contributed by atoms with Crippen LogP contribution in [0.15, 0.2) is 11.0 Å². The molecule has 0 aromatic carbocycles. The summed E-state index contributed by atoms with van der Waals surface area (Å²) in [6.07, 6.45) is 1.77. The van der Waals surface area contributed by atoms with Crippen LogP contribution in [0, 0.1) is 5.95 Å². The van der Waals surface area contributed by atoms with E-state index >= 15 is 0 Å². The van der Waals surface area contributed by atoms with E-state index in [0.29, 0.717) is 13.0 Å². The van der Waals surface area contributed by atoms with Gasteiger partial charge in [0.15, 0.2) is 5.69 Å². The molecule has 7 heteroatoms. The van der Waals surface area contributed by atoms with Gasteiger partial charge in [0, 0.05) is 6.61 Å². The number of nitrogens with two attached hydrogens (primary N) is 1. The molecule has 1 aliphatic heterocycles. The number of primary amides is 1. The molecule has 2 N–H and O–H groups in total. The van der Waals surface area contributed by atoms with Crippen molar-refractivity contribution in [3.05, 3.63) is 28.2 Å². The summed E-state index contributed by atoms with van der Waals surface area (Å²) in [5, 5.41) is 0. The van der Waals surface area contributed by atoms with E-state index in [0.717, 1.165) is 17.2 Å². The molecule has 2 heterocycles. The van der Waals surface area contributed by atoms with E-state index in [9.17, 15) is 14.0 Å². The van der Waals surface area contributed by atoms with Crippen molar-refractivity contribution in [1.82, 2.24) is 9.55 Å². The monoisotopic (exact) mass is 227 g/mol. The van der Waals surface area contributed by atoms with Gasteiger partial charge in [-0.25, -0.2) is 4.98 Å². The molecule has 0 saturated carbocycles. The average Bonchev–Trinajstić information content (AvgIpc) is 2.73. The molecule has 16 heavy (non-hydrogen) atoms. The lowest BCUT2D eigenvalue weighted by Crippen LogP contribution is -2.33. The van der Waals surface area contributed by atoms with Gasteiger partial charge in [-0.05, 0) is 12.8 Å². The zero-order chi connectivity index (χ0) is 11.7. The van der Waals surface area contributed by atoms with Crippen LogP contribution in [0.25, 0.3) is 0 Å². The molecule has 1 aromatic heterocycles. The van der Waals surface area contributed by atoms with Crippen LogP contribution >= 0.6 is 0 Å². The summed E-state index contributed by atoms with van der Waals surface area (Å²) in [4.78, 5) is 25.8. The van der Waals surface area contributed by atoms with Crippen molar-refractivity contribution in [2.75, 3.05) is 6.61 Å². The zero-order valence-corrected chi connectivity index (χ0v) is 8.35. The van der Waals surface area contributed by atoms with Crippen LogP contribution in [0.2, 0.25) is 0 Å². The first-order valence-corrected chi connectivity index (χ1v) is 4.79. The molecule has 0 spiro atoms. The lowest BCUT2D eigenvalue weighted by molar-refractivity contribution is 0.0522. The van der Waals surface area contributed by atoms with Crippen LogP contribution in [-0.4, -0.2) is 22.1 Å².